The second-order valence-corrected chi connectivity index (χ2v) is 7.81. The van der Waals surface area contributed by atoms with Gasteiger partial charge < -0.3 is 5.11 Å². The lowest BCUT2D eigenvalue weighted by atomic mass is 9.76. The summed E-state index contributed by atoms with van der Waals surface area (Å²) in [6.45, 7) is 0. The second-order valence-electron chi connectivity index (χ2n) is 7.81. The molecule has 2 aliphatic rings. The second kappa shape index (κ2) is 6.58. The standard InChI is InChI=1S/C22H16N4O6/c1-24-20-17(21(29)25(2)22(24)30)15(13-9-10(26(31)32)7-8-14(13)27)16-18(23-20)11-5-3-4-6-12(11)19(16)28/h3-9,15-16,27H,1-2H3/t15-,16-/m0/s1. The SMILES string of the molecule is Cn1c2c(c(=O)n(C)c1=O)[C@@H](c1cc([N+](=O)[O-])ccc1O)[C@@H]1C(=O)c3ccccc3C1=N2. The average molecular weight is 432 g/mol. The van der Waals surface area contributed by atoms with Crippen LogP contribution in [0.4, 0.5) is 11.5 Å². The van der Waals surface area contributed by atoms with Gasteiger partial charge in [0.2, 0.25) is 0 Å². The average Bonchev–Trinajstić information content (AvgIpc) is 3.07. The van der Waals surface area contributed by atoms with Crippen molar-refractivity contribution in [2.45, 2.75) is 5.92 Å². The minimum Gasteiger partial charge on any atom is -0.508 e. The first-order valence-electron chi connectivity index (χ1n) is 9.71. The quantitative estimate of drug-likeness (QED) is 0.484. The molecule has 0 saturated heterocycles. The number of phenolic OH excluding ortho intramolecular Hbond substituents is 1. The molecule has 2 aromatic carbocycles. The van der Waals surface area contributed by atoms with Gasteiger partial charge in [-0.15, -0.1) is 0 Å². The van der Waals surface area contributed by atoms with Crippen LogP contribution in [-0.4, -0.2) is 30.7 Å². The van der Waals surface area contributed by atoms with Gasteiger partial charge in [0.1, 0.15) is 11.6 Å². The summed E-state index contributed by atoms with van der Waals surface area (Å²) < 4.78 is 2.10. The third-order valence-corrected chi connectivity index (χ3v) is 6.14. The van der Waals surface area contributed by atoms with E-state index in [9.17, 15) is 29.6 Å². The van der Waals surface area contributed by atoms with Crippen LogP contribution in [0.3, 0.4) is 0 Å². The fourth-order valence-corrected chi connectivity index (χ4v) is 4.61. The van der Waals surface area contributed by atoms with Gasteiger partial charge in [-0.1, -0.05) is 24.3 Å². The van der Waals surface area contributed by atoms with E-state index in [1.165, 1.54) is 18.7 Å². The first-order chi connectivity index (χ1) is 15.2. The third-order valence-electron chi connectivity index (χ3n) is 6.14. The highest BCUT2D eigenvalue weighted by molar-refractivity contribution is 6.30. The van der Waals surface area contributed by atoms with Gasteiger partial charge >= 0.3 is 5.69 Å². The predicted octanol–water partition coefficient (Wildman–Crippen LogP) is 1.78. The molecule has 5 rings (SSSR count). The molecule has 0 radical (unpaired) electrons. The van der Waals surface area contributed by atoms with E-state index < -0.39 is 28.0 Å². The molecule has 10 nitrogen and oxygen atoms in total. The van der Waals surface area contributed by atoms with E-state index in [0.717, 1.165) is 22.8 Å². The van der Waals surface area contributed by atoms with Crippen molar-refractivity contribution in [1.29, 1.82) is 0 Å². The molecular weight excluding hydrogens is 416 g/mol. The molecule has 1 aromatic heterocycles. The zero-order valence-electron chi connectivity index (χ0n) is 17.0. The molecule has 2 heterocycles. The number of aromatic nitrogens is 2. The van der Waals surface area contributed by atoms with E-state index in [-0.39, 0.29) is 34.2 Å². The Hall–Kier alpha value is -4.34. The van der Waals surface area contributed by atoms with Crippen molar-refractivity contribution in [3.63, 3.8) is 0 Å². The highest BCUT2D eigenvalue weighted by Crippen LogP contribution is 2.48. The number of aromatic hydroxyl groups is 1. The Morgan fingerprint density at radius 3 is 2.38 bits per heavy atom. The van der Waals surface area contributed by atoms with Crippen LogP contribution >= 0.6 is 0 Å². The van der Waals surface area contributed by atoms with Crippen LogP contribution in [0.2, 0.25) is 0 Å². The topological polar surface area (TPSA) is 137 Å². The van der Waals surface area contributed by atoms with Gasteiger partial charge in [0.05, 0.1) is 22.1 Å². The molecule has 0 fully saturated rings. The van der Waals surface area contributed by atoms with Crippen LogP contribution in [0.25, 0.3) is 0 Å². The van der Waals surface area contributed by atoms with E-state index in [1.807, 2.05) is 0 Å². The fraction of sp³-hybridized carbons (Fsp3) is 0.182. The number of rotatable bonds is 2. The van der Waals surface area contributed by atoms with Gasteiger partial charge in [0.15, 0.2) is 5.78 Å². The van der Waals surface area contributed by atoms with E-state index >= 15 is 0 Å². The monoisotopic (exact) mass is 432 g/mol. The largest absolute Gasteiger partial charge is 0.508 e. The number of fused-ring (bicyclic) bond motifs is 4. The summed E-state index contributed by atoms with van der Waals surface area (Å²) in [6, 6.07) is 10.3. The molecule has 2 atom stereocenters. The smallest absolute Gasteiger partial charge is 0.332 e. The molecule has 3 aromatic rings. The number of hydrogen-bond donors (Lipinski definition) is 1. The number of carbonyl (C=O) groups excluding carboxylic acids is 1. The summed E-state index contributed by atoms with van der Waals surface area (Å²) in [6.07, 6.45) is 0. The van der Waals surface area contributed by atoms with Gasteiger partial charge in [-0.3, -0.25) is 28.8 Å². The van der Waals surface area contributed by atoms with Gasteiger partial charge in [0.25, 0.3) is 11.2 Å². The number of non-ortho nitro benzene ring substituents is 1. The molecule has 0 amide bonds. The van der Waals surface area contributed by atoms with Crippen molar-refractivity contribution in [3.8, 4) is 5.75 Å². The summed E-state index contributed by atoms with van der Waals surface area (Å²) in [7, 11) is 2.76. The summed E-state index contributed by atoms with van der Waals surface area (Å²) in [5, 5.41) is 22.1. The maximum Gasteiger partial charge on any atom is 0.332 e. The van der Waals surface area contributed by atoms with Crippen LogP contribution in [-0.2, 0) is 14.1 Å². The van der Waals surface area contributed by atoms with Crippen LogP contribution in [0.1, 0.15) is 33.0 Å². The molecular formula is C22H16N4O6. The molecule has 0 unspecified atom stereocenters. The van der Waals surface area contributed by atoms with Crippen LogP contribution in [0.5, 0.6) is 5.75 Å². The van der Waals surface area contributed by atoms with Crippen molar-refractivity contribution in [2.24, 2.45) is 25.0 Å². The van der Waals surface area contributed by atoms with E-state index in [1.54, 1.807) is 24.3 Å². The maximum absolute atomic E-state index is 13.4. The molecule has 0 spiro atoms. The summed E-state index contributed by atoms with van der Waals surface area (Å²) in [4.78, 5) is 54.6. The summed E-state index contributed by atoms with van der Waals surface area (Å²) in [5.41, 5.74) is -0.168. The number of Topliss-reactive ketones (excluding diaryl/α,β-unsaturated/α-hetero) is 1. The third kappa shape index (κ3) is 2.46. The van der Waals surface area contributed by atoms with Gasteiger partial charge in [-0.25, -0.2) is 9.79 Å². The molecule has 0 saturated carbocycles. The molecule has 10 heteroatoms. The summed E-state index contributed by atoms with van der Waals surface area (Å²) >= 11 is 0. The predicted molar refractivity (Wildman–Crippen MR) is 114 cm³/mol. The van der Waals surface area contributed by atoms with Crippen molar-refractivity contribution in [1.82, 2.24) is 9.13 Å². The number of aliphatic imine (C=N–C) groups is 1. The molecule has 1 aliphatic carbocycles. The Kier molecular flexibility index (Phi) is 4.03. The van der Waals surface area contributed by atoms with Gasteiger partial charge in [0, 0.05) is 48.8 Å². The molecule has 32 heavy (non-hydrogen) atoms. The molecule has 1 N–H and O–H groups in total. The zero-order chi connectivity index (χ0) is 22.9. The van der Waals surface area contributed by atoms with Crippen LogP contribution in [0.15, 0.2) is 57.0 Å². The number of hydrogen-bond acceptors (Lipinski definition) is 7. The number of ketones is 1. The Morgan fingerprint density at radius 2 is 1.69 bits per heavy atom. The Balaban J connectivity index is 1.92. The highest BCUT2D eigenvalue weighted by Gasteiger charge is 2.48. The zero-order valence-corrected chi connectivity index (χ0v) is 17.0. The lowest BCUT2D eigenvalue weighted by molar-refractivity contribution is -0.385. The molecule has 1 aliphatic heterocycles. The fourth-order valence-electron chi connectivity index (χ4n) is 4.61. The van der Waals surface area contributed by atoms with E-state index in [4.69, 9.17) is 0 Å². The van der Waals surface area contributed by atoms with Crippen molar-refractivity contribution < 1.29 is 14.8 Å². The lowest BCUT2D eigenvalue weighted by Crippen LogP contribution is -2.43. The lowest BCUT2D eigenvalue weighted by Gasteiger charge is -2.30. The normalized spacial score (nSPS) is 18.6. The number of nitro groups is 1. The van der Waals surface area contributed by atoms with Gasteiger partial charge in [-0.05, 0) is 6.07 Å². The van der Waals surface area contributed by atoms with E-state index in [0.29, 0.717) is 16.8 Å². The van der Waals surface area contributed by atoms with Crippen molar-refractivity contribution in [3.05, 3.63) is 95.7 Å². The number of nitrogens with zero attached hydrogens (tertiary/aromatic N) is 4. The summed E-state index contributed by atoms with van der Waals surface area (Å²) in [5.74, 6) is -2.59. The highest BCUT2D eigenvalue weighted by atomic mass is 16.6. The first-order valence-corrected chi connectivity index (χ1v) is 9.71. The van der Waals surface area contributed by atoms with Crippen molar-refractivity contribution in [2.75, 3.05) is 0 Å². The van der Waals surface area contributed by atoms with E-state index in [2.05, 4.69) is 4.99 Å². The Morgan fingerprint density at radius 1 is 1.00 bits per heavy atom. The van der Waals surface area contributed by atoms with Crippen LogP contribution < -0.4 is 11.2 Å². The first kappa shape index (κ1) is 19.6. The van der Waals surface area contributed by atoms with Crippen molar-refractivity contribution >= 4 is 23.0 Å². The molecule has 0 bridgehead atoms. The Bertz CT molecular complexity index is 1510. The Labute approximate surface area is 179 Å². The van der Waals surface area contributed by atoms with Gasteiger partial charge in [-0.2, -0.15) is 0 Å². The number of phenols is 1. The minimum absolute atomic E-state index is 0.0281. The minimum atomic E-state index is -1.07. The maximum atomic E-state index is 13.4. The van der Waals surface area contributed by atoms with Crippen LogP contribution in [0, 0.1) is 16.0 Å². The number of benzene rings is 2. The molecule has 160 valence electrons. The number of carbonyl (C=O) groups is 1. The number of nitro benzene ring substituents is 1.